The maximum Gasteiger partial charge on any atom is 0.410 e. The van der Waals surface area contributed by atoms with Crippen LogP contribution in [0.15, 0.2) is 12.3 Å². The Labute approximate surface area is 151 Å². The molecule has 0 aliphatic carbocycles. The molecule has 1 amide bonds. The van der Waals surface area contributed by atoms with Crippen molar-refractivity contribution < 1.29 is 14.3 Å². The average molecular weight is 374 g/mol. The lowest BCUT2D eigenvalue weighted by Gasteiger charge is -2.46. The number of halogens is 2. The molecule has 2 bridgehead atoms. The average Bonchev–Trinajstić information content (AvgIpc) is 2.47. The van der Waals surface area contributed by atoms with Crippen LogP contribution in [0.5, 0.6) is 0 Å². The first-order chi connectivity index (χ1) is 11.2. The minimum atomic E-state index is -0.498. The van der Waals surface area contributed by atoms with E-state index in [1.807, 2.05) is 26.8 Å². The second-order valence-electron chi connectivity index (χ2n) is 7.14. The Morgan fingerprint density at radius 1 is 1.25 bits per heavy atom. The molecule has 24 heavy (non-hydrogen) atoms. The van der Waals surface area contributed by atoms with Crippen LogP contribution in [0.3, 0.4) is 0 Å². The van der Waals surface area contributed by atoms with Crippen molar-refractivity contribution in [2.45, 2.75) is 38.6 Å². The number of morpholine rings is 2. The molecule has 2 saturated heterocycles. The first kappa shape index (κ1) is 17.6. The number of nitrogens with zero attached hydrogens (tertiary/aromatic N) is 3. The molecule has 1 aromatic rings. The van der Waals surface area contributed by atoms with E-state index in [9.17, 15) is 4.79 Å². The van der Waals surface area contributed by atoms with Crippen molar-refractivity contribution >= 4 is 35.0 Å². The Morgan fingerprint density at radius 2 is 1.88 bits per heavy atom. The van der Waals surface area contributed by atoms with E-state index in [4.69, 9.17) is 32.7 Å². The van der Waals surface area contributed by atoms with E-state index >= 15 is 0 Å². The number of fused-ring (bicyclic) bond motifs is 2. The quantitative estimate of drug-likeness (QED) is 0.707. The third-order valence-electron chi connectivity index (χ3n) is 3.88. The zero-order valence-electron chi connectivity index (χ0n) is 14.0. The second kappa shape index (κ2) is 6.58. The molecule has 1 aromatic heterocycles. The Hall–Kier alpha value is -1.24. The van der Waals surface area contributed by atoms with Gasteiger partial charge in [0.05, 0.1) is 42.2 Å². The highest BCUT2D eigenvalue weighted by atomic mass is 35.5. The number of carbonyl (C=O) groups excluding carboxylic acids is 1. The van der Waals surface area contributed by atoms with Gasteiger partial charge in [-0.1, -0.05) is 23.2 Å². The minimum Gasteiger partial charge on any atom is -0.444 e. The van der Waals surface area contributed by atoms with E-state index in [0.29, 0.717) is 36.4 Å². The summed E-state index contributed by atoms with van der Waals surface area (Å²) in [7, 11) is 0. The number of anilines is 1. The van der Waals surface area contributed by atoms with Gasteiger partial charge in [0.25, 0.3) is 0 Å². The predicted molar refractivity (Wildman–Crippen MR) is 92.9 cm³/mol. The van der Waals surface area contributed by atoms with Gasteiger partial charge in [0.15, 0.2) is 0 Å². The molecule has 6 nitrogen and oxygen atoms in total. The number of pyridine rings is 1. The number of rotatable bonds is 1. The number of aromatic nitrogens is 1. The number of hydrogen-bond acceptors (Lipinski definition) is 5. The zero-order valence-corrected chi connectivity index (χ0v) is 15.5. The van der Waals surface area contributed by atoms with Crippen molar-refractivity contribution in [3.05, 3.63) is 22.4 Å². The molecule has 3 heterocycles. The van der Waals surface area contributed by atoms with Gasteiger partial charge in [-0.05, 0) is 26.8 Å². The molecule has 8 heteroatoms. The summed E-state index contributed by atoms with van der Waals surface area (Å²) in [5.74, 6) is 0. The topological polar surface area (TPSA) is 54.9 Å². The maximum absolute atomic E-state index is 12.3. The van der Waals surface area contributed by atoms with Crippen LogP contribution in [-0.2, 0) is 9.47 Å². The summed E-state index contributed by atoms with van der Waals surface area (Å²) >= 11 is 11.9. The molecule has 2 aliphatic heterocycles. The van der Waals surface area contributed by atoms with Crippen molar-refractivity contribution in [1.82, 2.24) is 9.88 Å². The van der Waals surface area contributed by atoms with Crippen molar-refractivity contribution in [1.29, 1.82) is 0 Å². The Balaban J connectivity index is 1.66. The summed E-state index contributed by atoms with van der Waals surface area (Å²) in [5.41, 5.74) is 0.413. The van der Waals surface area contributed by atoms with Crippen LogP contribution < -0.4 is 4.90 Å². The summed E-state index contributed by atoms with van der Waals surface area (Å²) < 4.78 is 11.4. The highest BCUT2D eigenvalue weighted by Crippen LogP contribution is 2.29. The second-order valence-corrected chi connectivity index (χ2v) is 7.90. The highest BCUT2D eigenvalue weighted by Gasteiger charge is 2.38. The van der Waals surface area contributed by atoms with Crippen molar-refractivity contribution in [3.63, 3.8) is 0 Å². The number of hydrogen-bond donors (Lipinski definition) is 0. The van der Waals surface area contributed by atoms with Gasteiger partial charge in [-0.2, -0.15) is 0 Å². The lowest BCUT2D eigenvalue weighted by Crippen LogP contribution is -2.61. The fourth-order valence-electron chi connectivity index (χ4n) is 2.96. The molecule has 2 atom stereocenters. The molecule has 0 aromatic carbocycles. The van der Waals surface area contributed by atoms with Gasteiger partial charge in [0, 0.05) is 13.1 Å². The van der Waals surface area contributed by atoms with Gasteiger partial charge < -0.3 is 19.3 Å². The molecule has 0 N–H and O–H groups in total. The maximum atomic E-state index is 12.3. The van der Waals surface area contributed by atoms with Crippen LogP contribution in [-0.4, -0.2) is 60.0 Å². The van der Waals surface area contributed by atoms with Gasteiger partial charge in [-0.3, -0.25) is 0 Å². The van der Waals surface area contributed by atoms with Gasteiger partial charge in [-0.25, -0.2) is 9.78 Å². The fraction of sp³-hybridized carbons (Fsp3) is 0.625. The molecule has 2 fully saturated rings. The van der Waals surface area contributed by atoms with E-state index in [-0.39, 0.29) is 18.3 Å². The predicted octanol–water partition coefficient (Wildman–Crippen LogP) is 3.21. The molecule has 0 radical (unpaired) electrons. The summed E-state index contributed by atoms with van der Waals surface area (Å²) in [5, 5.41) is 0.728. The van der Waals surface area contributed by atoms with Crippen LogP contribution in [0.25, 0.3) is 0 Å². The number of amides is 1. The lowest BCUT2D eigenvalue weighted by molar-refractivity contribution is -0.0949. The van der Waals surface area contributed by atoms with Crippen LogP contribution in [0, 0.1) is 0 Å². The normalized spacial score (nSPS) is 24.0. The number of ether oxygens (including phenoxy) is 2. The number of carbonyl (C=O) groups is 1. The van der Waals surface area contributed by atoms with E-state index in [0.717, 1.165) is 5.69 Å². The molecule has 0 spiro atoms. The largest absolute Gasteiger partial charge is 0.444 e. The van der Waals surface area contributed by atoms with Crippen LogP contribution in [0.2, 0.25) is 10.2 Å². The molecule has 2 unspecified atom stereocenters. The van der Waals surface area contributed by atoms with E-state index < -0.39 is 5.60 Å². The van der Waals surface area contributed by atoms with Gasteiger partial charge >= 0.3 is 6.09 Å². The molecule has 0 saturated carbocycles. The Bertz CT molecular complexity index is 621. The molecular formula is C16H21Cl2N3O3. The van der Waals surface area contributed by atoms with Crippen LogP contribution in [0.4, 0.5) is 10.5 Å². The third-order valence-corrected chi connectivity index (χ3v) is 4.57. The van der Waals surface area contributed by atoms with E-state index in [2.05, 4.69) is 9.88 Å². The summed E-state index contributed by atoms with van der Waals surface area (Å²) in [6.45, 7) is 7.94. The van der Waals surface area contributed by atoms with Crippen molar-refractivity contribution in [2.24, 2.45) is 0 Å². The van der Waals surface area contributed by atoms with Crippen molar-refractivity contribution in [3.8, 4) is 0 Å². The Kier molecular flexibility index (Phi) is 4.82. The van der Waals surface area contributed by atoms with Crippen LogP contribution >= 0.6 is 23.2 Å². The standard InChI is InChI=1S/C16H21Cl2N3O3/c1-16(2,3)24-15(22)21-8-11-6-20(7-12(9-21)23-11)10-4-13(17)14(18)19-5-10/h4-5,11-12H,6-9H2,1-3H3. The highest BCUT2D eigenvalue weighted by molar-refractivity contribution is 6.41. The minimum absolute atomic E-state index is 0.0699. The monoisotopic (exact) mass is 373 g/mol. The van der Waals surface area contributed by atoms with Crippen LogP contribution in [0.1, 0.15) is 20.8 Å². The zero-order chi connectivity index (χ0) is 17.5. The molecule has 132 valence electrons. The smallest absolute Gasteiger partial charge is 0.410 e. The van der Waals surface area contributed by atoms with E-state index in [1.54, 1.807) is 11.1 Å². The van der Waals surface area contributed by atoms with Gasteiger partial charge in [0.1, 0.15) is 10.8 Å². The summed E-state index contributed by atoms with van der Waals surface area (Å²) in [6, 6.07) is 1.81. The third kappa shape index (κ3) is 4.05. The van der Waals surface area contributed by atoms with Crippen molar-refractivity contribution in [2.75, 3.05) is 31.1 Å². The fourth-order valence-corrected chi connectivity index (χ4v) is 3.23. The molecule has 3 rings (SSSR count). The SMILES string of the molecule is CC(C)(C)OC(=O)N1CC2CN(c3cnc(Cl)c(Cl)c3)CC(C1)O2. The lowest BCUT2D eigenvalue weighted by atomic mass is 10.1. The molecule has 2 aliphatic rings. The van der Waals surface area contributed by atoms with Gasteiger partial charge in [0.2, 0.25) is 0 Å². The Morgan fingerprint density at radius 3 is 2.42 bits per heavy atom. The summed E-state index contributed by atoms with van der Waals surface area (Å²) in [4.78, 5) is 20.3. The first-order valence-corrected chi connectivity index (χ1v) is 8.66. The van der Waals surface area contributed by atoms with Gasteiger partial charge in [-0.15, -0.1) is 0 Å². The van der Waals surface area contributed by atoms with E-state index in [1.165, 1.54) is 0 Å². The summed E-state index contributed by atoms with van der Waals surface area (Å²) in [6.07, 6.45) is 1.28. The molecular weight excluding hydrogens is 353 g/mol. The first-order valence-electron chi connectivity index (χ1n) is 7.90.